The van der Waals surface area contributed by atoms with Crippen molar-refractivity contribution in [3.8, 4) is 11.1 Å². The lowest BCUT2D eigenvalue weighted by Gasteiger charge is -2.29. The summed E-state index contributed by atoms with van der Waals surface area (Å²) in [5.74, 6) is 1.76. The summed E-state index contributed by atoms with van der Waals surface area (Å²) in [6.07, 6.45) is 0. The van der Waals surface area contributed by atoms with E-state index in [1.807, 2.05) is 20.8 Å². The molecule has 24 heavy (non-hydrogen) atoms. The maximum Gasteiger partial charge on any atom is 0.141 e. The first-order valence-electron chi connectivity index (χ1n) is 7.90. The van der Waals surface area contributed by atoms with Gasteiger partial charge in [-0.25, -0.2) is 4.98 Å². The average Bonchev–Trinajstić information content (AvgIpc) is 3.08. The van der Waals surface area contributed by atoms with Gasteiger partial charge in [0.25, 0.3) is 0 Å². The van der Waals surface area contributed by atoms with Crippen LogP contribution in [0.1, 0.15) is 24.7 Å². The smallest absolute Gasteiger partial charge is 0.141 e. The fourth-order valence-corrected chi connectivity index (χ4v) is 3.31. The molecule has 0 saturated carbocycles. The third-order valence-corrected chi connectivity index (χ3v) is 4.36. The molecule has 1 saturated heterocycles. The highest BCUT2D eigenvalue weighted by Crippen LogP contribution is 2.35. The molecular weight excluding hydrogens is 304 g/mol. The third kappa shape index (κ3) is 2.67. The molecule has 0 amide bonds. The topological polar surface area (TPSA) is 67.2 Å². The number of anilines is 1. The second kappa shape index (κ2) is 6.28. The molecule has 6 heteroatoms. The molecule has 1 aliphatic rings. The summed E-state index contributed by atoms with van der Waals surface area (Å²) in [7, 11) is 0. The van der Waals surface area contributed by atoms with Gasteiger partial charge in [-0.3, -0.25) is 0 Å². The van der Waals surface area contributed by atoms with Crippen LogP contribution in [-0.4, -0.2) is 41.4 Å². The van der Waals surface area contributed by atoms with Gasteiger partial charge in [0.15, 0.2) is 0 Å². The average molecular weight is 328 g/mol. The highest BCUT2D eigenvalue weighted by Gasteiger charge is 2.20. The number of hydrogen-bond donors (Lipinski definition) is 1. The number of nitrogens with one attached hydrogen (secondary N) is 1. The van der Waals surface area contributed by atoms with Gasteiger partial charge in [0, 0.05) is 18.7 Å². The molecule has 0 spiro atoms. The van der Waals surface area contributed by atoms with Crippen LogP contribution < -0.4 is 4.90 Å². The Labute approximate surface area is 141 Å². The Balaban J connectivity index is 0.00000169. The largest absolute Gasteiger partial charge is 0.378 e. The predicted octanol–water partition coefficient (Wildman–Crippen LogP) is 3.62. The van der Waals surface area contributed by atoms with E-state index in [4.69, 9.17) is 9.26 Å². The molecule has 6 nitrogen and oxygen atoms in total. The molecule has 1 aliphatic heterocycles. The summed E-state index contributed by atoms with van der Waals surface area (Å²) < 4.78 is 10.8. The monoisotopic (exact) mass is 328 g/mol. The van der Waals surface area contributed by atoms with Gasteiger partial charge < -0.3 is 19.1 Å². The van der Waals surface area contributed by atoms with Crippen molar-refractivity contribution in [2.24, 2.45) is 0 Å². The number of imidazole rings is 1. The summed E-state index contributed by atoms with van der Waals surface area (Å²) in [4.78, 5) is 10.4. The van der Waals surface area contributed by atoms with Crippen molar-refractivity contribution in [1.82, 2.24) is 15.1 Å². The molecule has 0 unspecified atom stereocenters. The van der Waals surface area contributed by atoms with E-state index in [1.165, 1.54) is 0 Å². The molecule has 1 aromatic carbocycles. The molecule has 0 bridgehead atoms. The van der Waals surface area contributed by atoms with Gasteiger partial charge >= 0.3 is 0 Å². The van der Waals surface area contributed by atoms with Crippen molar-refractivity contribution in [2.45, 2.75) is 28.2 Å². The Kier molecular flexibility index (Phi) is 4.32. The summed E-state index contributed by atoms with van der Waals surface area (Å²) >= 11 is 0. The van der Waals surface area contributed by atoms with Crippen LogP contribution >= 0.6 is 0 Å². The van der Waals surface area contributed by atoms with Crippen LogP contribution in [0.5, 0.6) is 0 Å². The van der Waals surface area contributed by atoms with Gasteiger partial charge in [-0.15, -0.1) is 0 Å². The van der Waals surface area contributed by atoms with Crippen LogP contribution in [0.2, 0.25) is 0 Å². The number of nitrogens with zero attached hydrogens (tertiary/aromatic N) is 3. The molecule has 3 heterocycles. The van der Waals surface area contributed by atoms with Crippen LogP contribution in [0.4, 0.5) is 5.69 Å². The second-order valence-electron chi connectivity index (χ2n) is 6.01. The lowest BCUT2D eigenvalue weighted by atomic mass is 10.0. The van der Waals surface area contributed by atoms with Gasteiger partial charge in [-0.05, 0) is 38.5 Å². The van der Waals surface area contributed by atoms with E-state index in [2.05, 4.69) is 32.2 Å². The summed E-state index contributed by atoms with van der Waals surface area (Å²) in [6.45, 7) is 9.17. The zero-order valence-corrected chi connectivity index (χ0v) is 13.6. The van der Waals surface area contributed by atoms with Gasteiger partial charge in [0.05, 0.1) is 30.1 Å². The lowest BCUT2D eigenvalue weighted by molar-refractivity contribution is 0.123. The SMILES string of the molecule is C.Cc1nc2c(N3CCOCC3)cc(-c3c(C)noc3C)cc2[nH]1. The number of aromatic amines is 1. The number of ether oxygens (including phenoxy) is 1. The van der Waals surface area contributed by atoms with Gasteiger partial charge in [-0.1, -0.05) is 12.6 Å². The van der Waals surface area contributed by atoms with Crippen LogP contribution in [0.15, 0.2) is 16.7 Å². The maximum absolute atomic E-state index is 5.48. The molecule has 0 radical (unpaired) electrons. The van der Waals surface area contributed by atoms with Crippen LogP contribution in [-0.2, 0) is 4.74 Å². The molecular formula is C18H24N4O2. The minimum atomic E-state index is 0. The Hall–Kier alpha value is -2.34. The predicted molar refractivity (Wildman–Crippen MR) is 95.6 cm³/mol. The van der Waals surface area contributed by atoms with Crippen molar-refractivity contribution in [1.29, 1.82) is 0 Å². The molecule has 0 aliphatic carbocycles. The molecule has 3 aromatic rings. The van der Waals surface area contributed by atoms with E-state index in [0.717, 1.165) is 71.4 Å². The highest BCUT2D eigenvalue weighted by atomic mass is 16.5. The number of fused-ring (bicyclic) bond motifs is 1. The fraction of sp³-hybridized carbons (Fsp3) is 0.444. The first-order valence-corrected chi connectivity index (χ1v) is 7.90. The van der Waals surface area contributed by atoms with Gasteiger partial charge in [0.2, 0.25) is 0 Å². The van der Waals surface area contributed by atoms with E-state index in [-0.39, 0.29) is 7.43 Å². The quantitative estimate of drug-likeness (QED) is 0.778. The van der Waals surface area contributed by atoms with Crippen molar-refractivity contribution in [2.75, 3.05) is 31.2 Å². The van der Waals surface area contributed by atoms with Crippen molar-refractivity contribution < 1.29 is 9.26 Å². The zero-order chi connectivity index (χ0) is 16.0. The first-order chi connectivity index (χ1) is 11.1. The summed E-state index contributed by atoms with van der Waals surface area (Å²) in [5, 5.41) is 4.09. The number of morpholine rings is 1. The molecule has 128 valence electrons. The summed E-state index contributed by atoms with van der Waals surface area (Å²) in [6, 6.07) is 4.33. The van der Waals surface area contributed by atoms with E-state index in [0.29, 0.717) is 0 Å². The van der Waals surface area contributed by atoms with Gasteiger partial charge in [-0.2, -0.15) is 0 Å². The zero-order valence-electron chi connectivity index (χ0n) is 13.6. The normalized spacial score (nSPS) is 14.9. The van der Waals surface area contributed by atoms with E-state index in [9.17, 15) is 0 Å². The minimum absolute atomic E-state index is 0. The Bertz CT molecular complexity index is 840. The van der Waals surface area contributed by atoms with Gasteiger partial charge in [0.1, 0.15) is 17.1 Å². The van der Waals surface area contributed by atoms with Crippen LogP contribution in [0.25, 0.3) is 22.2 Å². The van der Waals surface area contributed by atoms with Crippen molar-refractivity contribution in [3.05, 3.63) is 29.4 Å². The number of rotatable bonds is 2. The number of hydrogen-bond acceptors (Lipinski definition) is 5. The first kappa shape index (κ1) is 16.5. The van der Waals surface area contributed by atoms with E-state index in [1.54, 1.807) is 0 Å². The Morgan fingerprint density at radius 1 is 1.12 bits per heavy atom. The lowest BCUT2D eigenvalue weighted by Crippen LogP contribution is -2.36. The highest BCUT2D eigenvalue weighted by molar-refractivity contribution is 5.94. The van der Waals surface area contributed by atoms with Crippen LogP contribution in [0, 0.1) is 20.8 Å². The van der Waals surface area contributed by atoms with E-state index < -0.39 is 0 Å². The molecule has 1 fully saturated rings. The van der Waals surface area contributed by atoms with E-state index >= 15 is 0 Å². The van der Waals surface area contributed by atoms with Crippen molar-refractivity contribution in [3.63, 3.8) is 0 Å². The second-order valence-corrected chi connectivity index (χ2v) is 6.01. The molecule has 0 atom stereocenters. The standard InChI is InChI=1S/C17H20N4O2.CH4/c1-10-16(11(2)23-20-10)13-8-14-17(19-12(3)18-14)15(9-13)21-4-6-22-7-5-21;/h8-9H,4-7H2,1-3H3,(H,18,19);1H4. The Morgan fingerprint density at radius 3 is 2.54 bits per heavy atom. The number of H-pyrrole nitrogens is 1. The third-order valence-electron chi connectivity index (χ3n) is 4.36. The Morgan fingerprint density at radius 2 is 1.88 bits per heavy atom. The molecule has 2 aromatic heterocycles. The fourth-order valence-electron chi connectivity index (χ4n) is 3.31. The number of aromatic nitrogens is 3. The number of aryl methyl sites for hydroxylation is 3. The minimum Gasteiger partial charge on any atom is -0.378 e. The number of benzene rings is 1. The molecule has 1 N–H and O–H groups in total. The summed E-state index contributed by atoms with van der Waals surface area (Å²) in [5.41, 5.74) is 6.28. The molecule has 4 rings (SSSR count). The van der Waals surface area contributed by atoms with Crippen molar-refractivity contribution >= 4 is 16.7 Å². The van der Waals surface area contributed by atoms with Crippen LogP contribution in [0.3, 0.4) is 0 Å². The maximum atomic E-state index is 5.48.